The van der Waals surface area contributed by atoms with Crippen LogP contribution in [0.5, 0.6) is 0 Å². The molecule has 10 heavy (non-hydrogen) atoms. The Hall–Kier alpha value is -0.260. The van der Waals surface area contributed by atoms with Gasteiger partial charge in [-0.15, -0.1) is 0 Å². The van der Waals surface area contributed by atoms with Crippen LogP contribution in [0, 0.1) is 3.57 Å². The molecule has 0 aromatic heterocycles. The van der Waals surface area contributed by atoms with Crippen LogP contribution in [0.15, 0.2) is 30.3 Å². The van der Waals surface area contributed by atoms with Gasteiger partial charge in [0.15, 0.2) is 0 Å². The molecular weight excluding hydrogens is 256 g/mol. The molecule has 0 unspecified atom stereocenters. The van der Waals surface area contributed by atoms with Crippen LogP contribution >= 0.6 is 22.6 Å². The molecule has 0 nitrogen and oxygen atoms in total. The van der Waals surface area contributed by atoms with Gasteiger partial charge < -0.3 is 0 Å². The van der Waals surface area contributed by atoms with Gasteiger partial charge in [-0.25, -0.2) is 0 Å². The largest absolute Gasteiger partial charge is 0.269 e. The molecule has 0 N–H and O–H groups in total. The van der Waals surface area contributed by atoms with E-state index in [0.717, 1.165) is 0 Å². The van der Waals surface area contributed by atoms with Crippen LogP contribution in [0.25, 0.3) is 0 Å². The average molecular weight is 264 g/mol. The third-order valence-corrected chi connectivity index (χ3v) is 1.45. The zero-order chi connectivity index (χ0) is 5.11. The van der Waals surface area contributed by atoms with Crippen molar-refractivity contribution in [2.24, 2.45) is 0 Å². The number of hydrogen-bond acceptors (Lipinski definition) is 0. The summed E-state index contributed by atoms with van der Waals surface area (Å²) in [6.07, 6.45) is 0. The van der Waals surface area contributed by atoms with Crippen LogP contribution in [-0.2, 0) is 0 Å². The Morgan fingerprint density at radius 2 is 1.20 bits per heavy atom. The summed E-state index contributed by atoms with van der Waals surface area (Å²) in [5.74, 6) is 0. The standard InChI is InChI=1S/C6H5I.3FH/c7-6-4-2-1-3-5-6;;;/h1-5H;3*1H. The summed E-state index contributed by atoms with van der Waals surface area (Å²) in [5.41, 5.74) is 0. The lowest BCUT2D eigenvalue weighted by Gasteiger charge is -1.80. The molecule has 0 fully saturated rings. The van der Waals surface area contributed by atoms with Gasteiger partial charge in [-0.2, -0.15) is 0 Å². The van der Waals surface area contributed by atoms with Crippen molar-refractivity contribution in [3.8, 4) is 0 Å². The number of hydrogen-bond donors (Lipinski definition) is 0. The Kier molecular flexibility index (Phi) is 14.3. The maximum Gasteiger partial charge on any atom is 0.0130 e. The highest BCUT2D eigenvalue weighted by Crippen LogP contribution is 1.99. The van der Waals surface area contributed by atoms with Crippen molar-refractivity contribution < 1.29 is 14.1 Å². The monoisotopic (exact) mass is 264 g/mol. The van der Waals surface area contributed by atoms with Crippen molar-refractivity contribution in [3.63, 3.8) is 0 Å². The van der Waals surface area contributed by atoms with Gasteiger partial charge in [0.1, 0.15) is 0 Å². The second kappa shape index (κ2) is 8.74. The topological polar surface area (TPSA) is 0 Å². The first-order valence-electron chi connectivity index (χ1n) is 2.10. The minimum absolute atomic E-state index is 0. The van der Waals surface area contributed by atoms with E-state index in [2.05, 4.69) is 34.7 Å². The third-order valence-electron chi connectivity index (χ3n) is 0.733. The molecule has 0 saturated carbocycles. The van der Waals surface area contributed by atoms with Crippen LogP contribution in [0.1, 0.15) is 0 Å². The highest BCUT2D eigenvalue weighted by Gasteiger charge is 1.74. The lowest BCUT2D eigenvalue weighted by Crippen LogP contribution is -1.61. The molecular formula is C6H8F3I. The molecule has 4 heteroatoms. The van der Waals surface area contributed by atoms with Gasteiger partial charge in [0.2, 0.25) is 0 Å². The molecule has 0 aliphatic rings. The normalized spacial score (nSPS) is 6.10. The van der Waals surface area contributed by atoms with E-state index in [-0.39, 0.29) is 14.1 Å². The van der Waals surface area contributed by atoms with E-state index in [4.69, 9.17) is 0 Å². The highest BCUT2D eigenvalue weighted by atomic mass is 127. The van der Waals surface area contributed by atoms with Gasteiger partial charge in [-0.05, 0) is 34.7 Å². The van der Waals surface area contributed by atoms with Crippen LogP contribution < -0.4 is 0 Å². The molecule has 1 aromatic rings. The van der Waals surface area contributed by atoms with Crippen LogP contribution in [0.3, 0.4) is 0 Å². The fourth-order valence-electron chi connectivity index (χ4n) is 0.415. The third kappa shape index (κ3) is 5.87. The van der Waals surface area contributed by atoms with Gasteiger partial charge >= 0.3 is 0 Å². The fraction of sp³-hybridized carbons (Fsp3) is 0. The molecule has 0 spiro atoms. The SMILES string of the molecule is F.F.F.Ic1ccccc1. The predicted octanol–water partition coefficient (Wildman–Crippen LogP) is 2.75. The van der Waals surface area contributed by atoms with Crippen molar-refractivity contribution in [3.05, 3.63) is 33.9 Å². The van der Waals surface area contributed by atoms with Crippen molar-refractivity contribution in [1.29, 1.82) is 0 Å². The van der Waals surface area contributed by atoms with Gasteiger partial charge in [0.05, 0.1) is 0 Å². The Labute approximate surface area is 70.9 Å². The zero-order valence-corrected chi connectivity index (χ0v) is 7.15. The average Bonchev–Trinajstić information content (AvgIpc) is 1.69. The van der Waals surface area contributed by atoms with E-state index in [1.54, 1.807) is 0 Å². The maximum atomic E-state index is 2.28. The summed E-state index contributed by atoms with van der Waals surface area (Å²) in [6, 6.07) is 10.2. The maximum absolute atomic E-state index is 2.28. The molecule has 1 aromatic carbocycles. The number of halogens is 4. The summed E-state index contributed by atoms with van der Waals surface area (Å²) in [5, 5.41) is 0. The summed E-state index contributed by atoms with van der Waals surface area (Å²) < 4.78 is 1.29. The lowest BCUT2D eigenvalue weighted by molar-refractivity contribution is 1.11. The van der Waals surface area contributed by atoms with E-state index >= 15 is 0 Å². The van der Waals surface area contributed by atoms with Gasteiger partial charge in [-0.3, -0.25) is 14.1 Å². The first-order valence-corrected chi connectivity index (χ1v) is 3.18. The summed E-state index contributed by atoms with van der Waals surface area (Å²) in [4.78, 5) is 0. The summed E-state index contributed by atoms with van der Waals surface area (Å²) >= 11 is 2.28. The molecule has 0 aliphatic heterocycles. The van der Waals surface area contributed by atoms with E-state index < -0.39 is 0 Å². The molecule has 1 rings (SSSR count). The quantitative estimate of drug-likeness (QED) is 0.632. The smallest absolute Gasteiger partial charge is 0.0130 e. The van der Waals surface area contributed by atoms with Gasteiger partial charge in [0.25, 0.3) is 0 Å². The van der Waals surface area contributed by atoms with Crippen molar-refractivity contribution in [1.82, 2.24) is 0 Å². The zero-order valence-electron chi connectivity index (χ0n) is 4.99. The van der Waals surface area contributed by atoms with Crippen LogP contribution in [0.4, 0.5) is 14.1 Å². The molecule has 0 aliphatic carbocycles. The first-order chi connectivity index (χ1) is 3.39. The second-order valence-electron chi connectivity index (χ2n) is 1.30. The van der Waals surface area contributed by atoms with Crippen molar-refractivity contribution in [2.45, 2.75) is 0 Å². The van der Waals surface area contributed by atoms with E-state index in [9.17, 15) is 0 Å². The van der Waals surface area contributed by atoms with Crippen LogP contribution in [0.2, 0.25) is 0 Å². The van der Waals surface area contributed by atoms with Gasteiger partial charge in [0, 0.05) is 3.57 Å². The molecule has 0 radical (unpaired) electrons. The molecule has 0 bridgehead atoms. The van der Waals surface area contributed by atoms with E-state index in [1.165, 1.54) is 3.57 Å². The van der Waals surface area contributed by atoms with Crippen molar-refractivity contribution >= 4 is 22.6 Å². The van der Waals surface area contributed by atoms with E-state index in [1.807, 2.05) is 18.2 Å². The minimum atomic E-state index is 0. The van der Waals surface area contributed by atoms with Crippen molar-refractivity contribution in [2.75, 3.05) is 0 Å². The second-order valence-corrected chi connectivity index (χ2v) is 2.54. The molecule has 0 atom stereocenters. The first kappa shape index (κ1) is 16.4. The minimum Gasteiger partial charge on any atom is -0.269 e. The number of benzene rings is 1. The molecule has 60 valence electrons. The fourth-order valence-corrected chi connectivity index (χ4v) is 0.830. The molecule has 0 saturated heterocycles. The molecule has 0 heterocycles. The summed E-state index contributed by atoms with van der Waals surface area (Å²) in [7, 11) is 0. The Morgan fingerprint density at radius 3 is 1.40 bits per heavy atom. The Balaban J connectivity index is -0.000000163. The number of rotatable bonds is 0. The summed E-state index contributed by atoms with van der Waals surface area (Å²) in [6.45, 7) is 0. The predicted molar refractivity (Wildman–Crippen MR) is 46.7 cm³/mol. The van der Waals surface area contributed by atoms with E-state index in [0.29, 0.717) is 0 Å². The highest BCUT2D eigenvalue weighted by molar-refractivity contribution is 14.1. The Morgan fingerprint density at radius 1 is 0.800 bits per heavy atom. The molecule has 0 amide bonds. The lowest BCUT2D eigenvalue weighted by atomic mass is 10.4. The van der Waals surface area contributed by atoms with Crippen LogP contribution in [-0.4, -0.2) is 0 Å². The Bertz CT molecular complexity index is 143. The van der Waals surface area contributed by atoms with Gasteiger partial charge in [-0.1, -0.05) is 18.2 Å².